The van der Waals surface area contributed by atoms with Crippen LogP contribution < -0.4 is 14.2 Å². The second-order valence-corrected chi connectivity index (χ2v) is 10.3. The van der Waals surface area contributed by atoms with E-state index in [1.54, 1.807) is 12.3 Å². The normalized spacial score (nSPS) is 17.7. The van der Waals surface area contributed by atoms with Crippen LogP contribution in [-0.2, 0) is 34.2 Å². The molecule has 3 aromatic rings. The zero-order chi connectivity index (χ0) is 24.8. The number of rotatable bonds is 8. The molecule has 0 bridgehead atoms. The fraction of sp³-hybridized carbons (Fsp3) is 0.296. The Morgan fingerprint density at radius 1 is 0.971 bits per heavy atom. The van der Waals surface area contributed by atoms with Gasteiger partial charge in [-0.05, 0) is 65.3 Å². The number of ketones is 1. The van der Waals surface area contributed by atoms with Crippen molar-refractivity contribution in [2.45, 2.75) is 44.4 Å². The molecule has 5 rings (SSSR count). The van der Waals surface area contributed by atoms with Crippen molar-refractivity contribution < 1.29 is 27.3 Å². The molecule has 3 aromatic carbocycles. The lowest BCUT2D eigenvalue weighted by Gasteiger charge is -2.16. The van der Waals surface area contributed by atoms with Crippen molar-refractivity contribution in [3.8, 4) is 22.6 Å². The lowest BCUT2D eigenvalue weighted by Crippen LogP contribution is -2.26. The van der Waals surface area contributed by atoms with E-state index in [0.29, 0.717) is 24.9 Å². The molecule has 0 saturated heterocycles. The van der Waals surface area contributed by atoms with Crippen molar-refractivity contribution in [3.63, 3.8) is 0 Å². The van der Waals surface area contributed by atoms with Crippen LogP contribution in [0.25, 0.3) is 11.1 Å². The summed E-state index contributed by atoms with van der Waals surface area (Å²) >= 11 is 0. The van der Waals surface area contributed by atoms with Crippen molar-refractivity contribution in [1.29, 1.82) is 0 Å². The molecule has 1 heterocycles. The second-order valence-electron chi connectivity index (χ2n) is 9.13. The largest absolute Gasteiger partial charge is 0.586 e. The number of benzene rings is 3. The lowest BCUT2D eigenvalue weighted by molar-refractivity contribution is -0.286. The Bertz CT molecular complexity index is 1320. The Hall–Kier alpha value is -3.10. The molecule has 1 fully saturated rings. The van der Waals surface area contributed by atoms with Crippen LogP contribution in [0.3, 0.4) is 0 Å². The molecule has 0 amide bonds. The van der Waals surface area contributed by atoms with Crippen LogP contribution in [0, 0.1) is 6.92 Å². The van der Waals surface area contributed by atoms with Crippen LogP contribution in [-0.4, -0.2) is 22.5 Å². The fourth-order valence-electron chi connectivity index (χ4n) is 4.53. The number of hydrogen-bond donors (Lipinski definition) is 1. The minimum atomic E-state index is -3.68. The summed E-state index contributed by atoms with van der Waals surface area (Å²) in [5.41, 5.74) is 5.13. The average Bonchev–Trinajstić information content (AvgIpc) is 3.56. The van der Waals surface area contributed by atoms with Crippen molar-refractivity contribution in [2.24, 2.45) is 0 Å². The summed E-state index contributed by atoms with van der Waals surface area (Å²) < 4.78 is 50.0. The van der Waals surface area contributed by atoms with Crippen LogP contribution in [0.2, 0.25) is 0 Å². The van der Waals surface area contributed by atoms with E-state index in [0.717, 1.165) is 27.8 Å². The molecular weight excluding hydrogens is 472 g/mol. The third-order valence-corrected chi connectivity index (χ3v) is 7.20. The van der Waals surface area contributed by atoms with E-state index in [9.17, 15) is 17.8 Å². The minimum Gasteiger partial charge on any atom is -0.395 e. The Morgan fingerprint density at radius 3 is 2.34 bits per heavy atom. The van der Waals surface area contributed by atoms with Gasteiger partial charge in [-0.25, -0.2) is 8.93 Å². The molecule has 1 atom stereocenters. The lowest BCUT2D eigenvalue weighted by atomic mass is 9.87. The van der Waals surface area contributed by atoms with E-state index in [4.69, 9.17) is 0 Å². The van der Waals surface area contributed by atoms with Crippen molar-refractivity contribution >= 4 is 16.8 Å². The van der Waals surface area contributed by atoms with Crippen LogP contribution >= 0.6 is 0 Å². The van der Waals surface area contributed by atoms with Gasteiger partial charge in [0.2, 0.25) is 0 Å². The van der Waals surface area contributed by atoms with Crippen molar-refractivity contribution in [2.75, 3.05) is 6.26 Å². The molecule has 5 nitrogen and oxygen atoms in total. The van der Waals surface area contributed by atoms with Gasteiger partial charge in [-0.2, -0.15) is 0 Å². The van der Waals surface area contributed by atoms with Crippen LogP contribution in [0.5, 0.6) is 11.5 Å². The highest BCUT2D eigenvalue weighted by Crippen LogP contribution is 2.52. The van der Waals surface area contributed by atoms with Gasteiger partial charge < -0.3 is 9.47 Å². The first-order chi connectivity index (χ1) is 16.6. The molecule has 2 aliphatic rings. The SMILES string of the molecule is Cc1ccc(CC(=O)C2(c3ccc4c(c3)OC(F)(F)O4)CC2)cc1-c1ccc(CNS(C)=O)cc1. The number of aryl methyl sites for hydroxylation is 1. The molecule has 1 aliphatic heterocycles. The second kappa shape index (κ2) is 8.84. The number of halogens is 2. The van der Waals surface area contributed by atoms with Crippen molar-refractivity contribution in [1.82, 2.24) is 4.72 Å². The predicted octanol–water partition coefficient (Wildman–Crippen LogP) is 5.21. The molecule has 0 aromatic heterocycles. The van der Waals surface area contributed by atoms with Gasteiger partial charge in [-0.15, -0.1) is 8.78 Å². The molecule has 0 spiro atoms. The highest BCUT2D eigenvalue weighted by Gasteiger charge is 2.52. The topological polar surface area (TPSA) is 64.6 Å². The molecule has 8 heteroatoms. The highest BCUT2D eigenvalue weighted by molar-refractivity contribution is 7.82. The van der Waals surface area contributed by atoms with Gasteiger partial charge in [0.05, 0.1) is 16.4 Å². The van der Waals surface area contributed by atoms with Crippen molar-refractivity contribution in [3.05, 3.63) is 82.9 Å². The number of carbonyl (C=O) groups is 1. The summed E-state index contributed by atoms with van der Waals surface area (Å²) in [7, 11) is -1.07. The number of alkyl halides is 2. The quantitative estimate of drug-likeness (QED) is 0.464. The third kappa shape index (κ3) is 4.86. The summed E-state index contributed by atoms with van der Waals surface area (Å²) in [5.74, 6) is 0.00914. The van der Waals surface area contributed by atoms with Crippen LogP contribution in [0.4, 0.5) is 8.78 Å². The molecule has 182 valence electrons. The maximum atomic E-state index is 13.4. The Morgan fingerprint density at radius 2 is 1.66 bits per heavy atom. The third-order valence-electron chi connectivity index (χ3n) is 6.65. The van der Waals surface area contributed by atoms with Gasteiger partial charge in [0.1, 0.15) is 5.78 Å². The number of Topliss-reactive ketones (excluding diaryl/α,β-unsaturated/α-hetero) is 1. The van der Waals surface area contributed by atoms with E-state index >= 15 is 0 Å². The van der Waals surface area contributed by atoms with Crippen LogP contribution in [0.15, 0.2) is 60.7 Å². The van der Waals surface area contributed by atoms with E-state index in [2.05, 4.69) is 14.2 Å². The molecule has 1 aliphatic carbocycles. The van der Waals surface area contributed by atoms with Crippen LogP contribution in [0.1, 0.15) is 35.1 Å². The fourth-order valence-corrected chi connectivity index (χ4v) is 4.90. The van der Waals surface area contributed by atoms with Gasteiger partial charge in [0.25, 0.3) is 0 Å². The molecule has 1 unspecified atom stereocenters. The average molecular weight is 498 g/mol. The number of fused-ring (bicyclic) bond motifs is 1. The molecule has 1 N–H and O–H groups in total. The molecular formula is C27H25F2NO4S. The summed E-state index contributed by atoms with van der Waals surface area (Å²) in [6.07, 6.45) is -0.468. The maximum absolute atomic E-state index is 13.4. The maximum Gasteiger partial charge on any atom is 0.586 e. The van der Waals surface area contributed by atoms with E-state index < -0.39 is 22.7 Å². The van der Waals surface area contributed by atoms with Gasteiger partial charge in [-0.3, -0.25) is 4.79 Å². The summed E-state index contributed by atoms with van der Waals surface area (Å²) in [6, 6.07) is 18.7. The Labute approximate surface area is 205 Å². The Kier molecular flexibility index (Phi) is 5.97. The number of carbonyl (C=O) groups excluding carboxylic acids is 1. The highest BCUT2D eigenvalue weighted by atomic mass is 32.2. The minimum absolute atomic E-state index is 0.0186. The Balaban J connectivity index is 1.34. The van der Waals surface area contributed by atoms with Gasteiger partial charge >= 0.3 is 6.29 Å². The predicted molar refractivity (Wildman–Crippen MR) is 130 cm³/mol. The number of hydrogen-bond acceptors (Lipinski definition) is 4. The van der Waals surface area contributed by atoms with E-state index in [1.165, 1.54) is 12.1 Å². The van der Waals surface area contributed by atoms with E-state index in [1.807, 2.05) is 49.4 Å². The first kappa shape index (κ1) is 23.6. The summed E-state index contributed by atoms with van der Waals surface area (Å²) in [5, 5.41) is 0. The summed E-state index contributed by atoms with van der Waals surface area (Å²) in [4.78, 5) is 13.4. The standard InChI is InChI=1S/C27H25F2NO4S/c1-17-3-4-19(13-22(17)20-7-5-18(6-8-20)16-30-35(2)32)14-25(31)26(11-12-26)21-9-10-23-24(15-21)34-27(28,29)33-23/h3-10,13,15,30H,11-12,14,16H2,1-2H3. The monoisotopic (exact) mass is 497 g/mol. The first-order valence-corrected chi connectivity index (χ1v) is 12.9. The molecule has 1 saturated carbocycles. The van der Waals surface area contributed by atoms with Gasteiger partial charge in [-0.1, -0.05) is 48.5 Å². The number of nitrogens with one attached hydrogen (secondary N) is 1. The first-order valence-electron chi connectivity index (χ1n) is 11.3. The van der Waals surface area contributed by atoms with Gasteiger partial charge in [0.15, 0.2) is 11.5 Å². The molecule has 0 radical (unpaired) electrons. The molecule has 35 heavy (non-hydrogen) atoms. The zero-order valence-corrected chi connectivity index (χ0v) is 20.2. The number of ether oxygens (including phenoxy) is 2. The zero-order valence-electron chi connectivity index (χ0n) is 19.4. The van der Waals surface area contributed by atoms with E-state index in [-0.39, 0.29) is 23.7 Å². The smallest absolute Gasteiger partial charge is 0.395 e. The summed E-state index contributed by atoms with van der Waals surface area (Å²) in [6.45, 7) is 2.55. The van der Waals surface area contributed by atoms with Gasteiger partial charge in [0, 0.05) is 19.2 Å².